The van der Waals surface area contributed by atoms with Gasteiger partial charge in [-0.1, -0.05) is 183 Å². The van der Waals surface area contributed by atoms with Gasteiger partial charge in [0, 0.05) is 83.2 Å². The van der Waals surface area contributed by atoms with Crippen LogP contribution in [0.2, 0.25) is 0 Å². The van der Waals surface area contributed by atoms with E-state index in [-0.39, 0.29) is 37.7 Å². The minimum absolute atomic E-state index is 0. The van der Waals surface area contributed by atoms with Crippen LogP contribution in [0.1, 0.15) is 103 Å². The molecule has 0 atom stereocenters. The maximum absolute atomic E-state index is 15.0. The molecule has 0 spiro atoms. The molecule has 9 aromatic carbocycles. The number of rotatable bonds is 10. The number of aromatic nitrogens is 3. The molecule has 13 rings (SSSR count). The van der Waals surface area contributed by atoms with Crippen molar-refractivity contribution in [3.05, 3.63) is 241 Å². The molecule has 0 radical (unpaired) electrons. The first-order valence-electron chi connectivity index (χ1n) is 28.3. The Morgan fingerprint density at radius 3 is 1.65 bits per heavy atom. The number of para-hydroxylation sites is 5. The number of pyridine rings is 1. The molecule has 8 heteroatoms. The van der Waals surface area contributed by atoms with Crippen LogP contribution in [-0.2, 0) is 31.9 Å². The van der Waals surface area contributed by atoms with Crippen molar-refractivity contribution in [2.45, 2.75) is 91.9 Å². The summed E-state index contributed by atoms with van der Waals surface area (Å²) in [6.45, 7) is 24.8. The van der Waals surface area contributed by atoms with Crippen LogP contribution in [0.5, 0.6) is 11.5 Å². The fraction of sp³-hybridized carbons (Fsp3) is 0.189. The third-order valence-electron chi connectivity index (χ3n) is 16.2. The van der Waals surface area contributed by atoms with Crippen LogP contribution in [0.25, 0.3) is 77.4 Å². The van der Waals surface area contributed by atoms with E-state index in [1.807, 2.05) is 24.4 Å². The van der Waals surface area contributed by atoms with Crippen LogP contribution in [-0.4, -0.2) is 14.1 Å². The molecule has 0 amide bonds. The van der Waals surface area contributed by atoms with Crippen LogP contribution < -0.4 is 14.5 Å². The average molecular weight is 1250 g/mol. The largest absolute Gasteiger partial charge is 0.509 e. The molecule has 0 saturated carbocycles. The summed E-state index contributed by atoms with van der Waals surface area (Å²) in [7, 11) is 0. The van der Waals surface area contributed by atoms with Gasteiger partial charge in [0.1, 0.15) is 11.6 Å². The van der Waals surface area contributed by atoms with Gasteiger partial charge in [-0.2, -0.15) is 6.07 Å². The van der Waals surface area contributed by atoms with E-state index in [0.29, 0.717) is 23.3 Å². The number of benzene rings is 9. The number of ether oxygens (including phenoxy) is 1. The summed E-state index contributed by atoms with van der Waals surface area (Å²) in [4.78, 5) is 9.52. The zero-order valence-corrected chi connectivity index (χ0v) is 50.3. The zero-order chi connectivity index (χ0) is 56.1. The first-order chi connectivity index (χ1) is 39.0. The van der Waals surface area contributed by atoms with Gasteiger partial charge in [-0.15, -0.1) is 42.4 Å². The van der Waals surface area contributed by atoms with Gasteiger partial charge in [0.05, 0.1) is 11.0 Å². The average Bonchev–Trinajstić information content (AvgIpc) is 4.32. The van der Waals surface area contributed by atoms with Crippen molar-refractivity contribution in [2.24, 2.45) is 0 Å². The van der Waals surface area contributed by atoms with Crippen LogP contribution in [0.15, 0.2) is 194 Å². The normalized spacial score (nSPS) is 12.8. The maximum atomic E-state index is 15.0. The zero-order valence-electron chi connectivity index (χ0n) is 48.0. The first-order valence-corrected chi connectivity index (χ1v) is 28.3. The number of hydrogen-bond donors (Lipinski definition) is 0. The molecule has 0 N–H and O–H groups in total. The molecule has 0 unspecified atom stereocenters. The minimum Gasteiger partial charge on any atom is -0.509 e. The SMILES string of the molecule is CC(C)c1cc(-c2cc(C(C)(C)C)cc(-c3ccc(F)cc3)c2N2[CH-]N(c3[c-]c(Oc4[c-]c5c(cc4)c4ccccc4n5-c4cc(C(C)(C)C)ccn4)cc(-n4c5ccccc5c5ccccc54)c3)c3ccccc32)cc(C(C)C)c1.[Pt]. The molecule has 4 heterocycles. The Morgan fingerprint density at radius 1 is 0.500 bits per heavy atom. The van der Waals surface area contributed by atoms with E-state index in [0.717, 1.165) is 100 Å². The van der Waals surface area contributed by atoms with E-state index in [1.165, 1.54) is 22.3 Å². The number of nitrogens with zero attached hydrogens (tertiary/aromatic N) is 5. The second kappa shape index (κ2) is 20.9. The molecule has 1 aliphatic heterocycles. The Labute approximate surface area is 495 Å². The predicted molar refractivity (Wildman–Crippen MR) is 335 cm³/mol. The standard InChI is InChI=1S/C74H65FN5O.Pt/c1-46(2)49-35-50(47(3)4)37-51(36-49)64-39-53(74(8,9)10)38-63(48-27-29-54(75)30-28-48)72(64)78-45-77(68-25-17-18-26-69(68)78)55-41-56(79-65-22-14-11-19-59(65)60-20-12-15-23-66(60)79)43-58(42-55)81-57-31-32-62-61-21-13-16-24-67(61)80(70(62)44-57)71-40-52(33-34-76-71)73(5,6)7;/h11-41,43,45-47H,1-10H3;/q-3;. The molecule has 0 saturated heterocycles. The summed E-state index contributed by atoms with van der Waals surface area (Å²) >= 11 is 0. The van der Waals surface area contributed by atoms with Crippen molar-refractivity contribution in [3.8, 4) is 45.3 Å². The topological polar surface area (TPSA) is 38.5 Å². The minimum atomic E-state index is -0.276. The molecule has 3 aromatic heterocycles. The van der Waals surface area contributed by atoms with Crippen molar-refractivity contribution < 1.29 is 30.2 Å². The Hall–Kier alpha value is -8.25. The molecule has 6 nitrogen and oxygen atoms in total. The van der Waals surface area contributed by atoms with Gasteiger partial charge in [0.25, 0.3) is 0 Å². The molecule has 0 bridgehead atoms. The molecular formula is C74H65FN5OPt-3. The Kier molecular flexibility index (Phi) is 13.9. The number of anilines is 4. The monoisotopic (exact) mass is 1250 g/mol. The van der Waals surface area contributed by atoms with Gasteiger partial charge < -0.3 is 23.7 Å². The van der Waals surface area contributed by atoms with E-state index < -0.39 is 0 Å². The molecule has 0 aliphatic carbocycles. The first kappa shape index (κ1) is 54.3. The third-order valence-corrected chi connectivity index (χ3v) is 16.2. The van der Waals surface area contributed by atoms with E-state index >= 15 is 0 Å². The van der Waals surface area contributed by atoms with Gasteiger partial charge in [-0.05, 0) is 128 Å². The van der Waals surface area contributed by atoms with E-state index in [2.05, 4.69) is 265 Å². The summed E-state index contributed by atoms with van der Waals surface area (Å²) in [6.07, 6.45) is 1.90. The van der Waals surface area contributed by atoms with Crippen LogP contribution in [0.4, 0.5) is 27.1 Å². The molecule has 82 heavy (non-hydrogen) atoms. The van der Waals surface area contributed by atoms with E-state index in [4.69, 9.17) is 9.72 Å². The van der Waals surface area contributed by atoms with E-state index in [9.17, 15) is 4.39 Å². The molecule has 0 fully saturated rings. The third kappa shape index (κ3) is 9.67. The smallest absolute Gasteiger partial charge is 0.135 e. The van der Waals surface area contributed by atoms with Crippen LogP contribution in [0.3, 0.4) is 0 Å². The molecule has 412 valence electrons. The van der Waals surface area contributed by atoms with Gasteiger partial charge in [-0.3, -0.25) is 0 Å². The van der Waals surface area contributed by atoms with Gasteiger partial charge in [0.15, 0.2) is 0 Å². The van der Waals surface area contributed by atoms with Crippen molar-refractivity contribution >= 4 is 66.4 Å². The molecular weight excluding hydrogens is 1190 g/mol. The Bertz CT molecular complexity index is 4340. The quantitative estimate of drug-likeness (QED) is 0.128. The maximum Gasteiger partial charge on any atom is 0.135 e. The summed E-state index contributed by atoms with van der Waals surface area (Å²) in [5.41, 5.74) is 17.5. The Balaban J connectivity index is 0.00000665. The predicted octanol–water partition coefficient (Wildman–Crippen LogP) is 20.4. The van der Waals surface area contributed by atoms with Crippen molar-refractivity contribution in [2.75, 3.05) is 9.80 Å². The summed E-state index contributed by atoms with van der Waals surface area (Å²) in [5, 5.41) is 4.48. The van der Waals surface area contributed by atoms with Crippen molar-refractivity contribution in [1.29, 1.82) is 0 Å². The second-order valence-corrected chi connectivity index (χ2v) is 24.4. The van der Waals surface area contributed by atoms with Crippen LogP contribution >= 0.6 is 0 Å². The van der Waals surface area contributed by atoms with Crippen LogP contribution in [0, 0.1) is 24.6 Å². The number of hydrogen-bond acceptors (Lipinski definition) is 4. The fourth-order valence-corrected chi connectivity index (χ4v) is 11.7. The van der Waals surface area contributed by atoms with Gasteiger partial charge >= 0.3 is 0 Å². The van der Waals surface area contributed by atoms with Crippen molar-refractivity contribution in [3.63, 3.8) is 0 Å². The fourth-order valence-electron chi connectivity index (χ4n) is 11.7. The summed E-state index contributed by atoms with van der Waals surface area (Å²) in [6, 6.07) is 73.3. The van der Waals surface area contributed by atoms with Crippen molar-refractivity contribution in [1.82, 2.24) is 14.1 Å². The molecule has 1 aliphatic rings. The van der Waals surface area contributed by atoms with Gasteiger partial charge in [0.2, 0.25) is 0 Å². The van der Waals surface area contributed by atoms with E-state index in [1.54, 1.807) is 12.1 Å². The van der Waals surface area contributed by atoms with Gasteiger partial charge in [-0.25, -0.2) is 9.37 Å². The number of halogens is 1. The summed E-state index contributed by atoms with van der Waals surface area (Å²) < 4.78 is 26.6. The summed E-state index contributed by atoms with van der Waals surface area (Å²) in [5.74, 6) is 2.23. The Morgan fingerprint density at radius 2 is 1.05 bits per heavy atom. The number of fused-ring (bicyclic) bond motifs is 7. The second-order valence-electron chi connectivity index (χ2n) is 24.4. The molecule has 12 aromatic rings.